The van der Waals surface area contributed by atoms with E-state index in [1.54, 1.807) is 0 Å². The van der Waals surface area contributed by atoms with E-state index in [-0.39, 0.29) is 16.8 Å². The molecule has 0 aromatic heterocycles. The molecule has 1 saturated heterocycles. The highest BCUT2D eigenvalue weighted by atomic mass is 35.5. The Bertz CT molecular complexity index is 1060. The first-order valence-corrected chi connectivity index (χ1v) is 10.7. The number of nitrogens with zero attached hydrogens (tertiary/aromatic N) is 3. The van der Waals surface area contributed by atoms with E-state index >= 15 is 0 Å². The van der Waals surface area contributed by atoms with E-state index in [0.29, 0.717) is 16.8 Å². The van der Waals surface area contributed by atoms with Gasteiger partial charge in [-0.3, -0.25) is 9.59 Å². The predicted molar refractivity (Wildman–Crippen MR) is 120 cm³/mol. The van der Waals surface area contributed by atoms with Gasteiger partial charge in [-0.05, 0) is 63.7 Å². The number of carbonyl (C=O) groups excluding carboxylic acids is 2. The zero-order chi connectivity index (χ0) is 22.3. The third-order valence-corrected chi connectivity index (χ3v) is 6.44. The van der Waals surface area contributed by atoms with E-state index in [1.165, 1.54) is 18.2 Å². The lowest BCUT2D eigenvalue weighted by Gasteiger charge is -2.36. The van der Waals surface area contributed by atoms with Crippen molar-refractivity contribution < 1.29 is 14.0 Å². The van der Waals surface area contributed by atoms with Gasteiger partial charge in [0.25, 0.3) is 11.8 Å². The minimum Gasteiger partial charge on any atom is -0.366 e. The van der Waals surface area contributed by atoms with Crippen LogP contribution in [0.2, 0.25) is 5.02 Å². The van der Waals surface area contributed by atoms with Crippen LogP contribution in [0.5, 0.6) is 0 Å². The van der Waals surface area contributed by atoms with Crippen molar-refractivity contribution in [2.75, 3.05) is 32.1 Å². The maximum Gasteiger partial charge on any atom is 0.282 e. The van der Waals surface area contributed by atoms with E-state index < -0.39 is 17.6 Å². The van der Waals surface area contributed by atoms with Gasteiger partial charge < -0.3 is 9.80 Å². The Labute approximate surface area is 186 Å². The number of imide groups is 1. The molecule has 0 unspecified atom stereocenters. The van der Waals surface area contributed by atoms with Crippen molar-refractivity contribution >= 4 is 34.7 Å². The normalized spacial score (nSPS) is 18.3. The molecule has 7 heteroatoms. The average Bonchev–Trinajstić information content (AvgIpc) is 3.01. The van der Waals surface area contributed by atoms with Crippen LogP contribution in [-0.2, 0) is 9.59 Å². The molecule has 1 fully saturated rings. The highest BCUT2D eigenvalue weighted by Gasteiger charge is 2.43. The molecule has 0 aliphatic carbocycles. The third kappa shape index (κ3) is 3.98. The smallest absolute Gasteiger partial charge is 0.282 e. The monoisotopic (exact) mass is 441 g/mol. The fourth-order valence-electron chi connectivity index (χ4n) is 4.25. The lowest BCUT2D eigenvalue weighted by molar-refractivity contribution is -0.120. The molecule has 2 aliphatic rings. The van der Waals surface area contributed by atoms with Gasteiger partial charge >= 0.3 is 0 Å². The quantitative estimate of drug-likeness (QED) is 0.670. The molecular weight excluding hydrogens is 417 g/mol. The summed E-state index contributed by atoms with van der Waals surface area (Å²) in [6.07, 6.45) is 1.81. The van der Waals surface area contributed by atoms with Crippen LogP contribution >= 0.6 is 11.6 Å². The number of rotatable bonds is 4. The second kappa shape index (κ2) is 8.44. The lowest BCUT2D eigenvalue weighted by Crippen LogP contribution is -2.43. The fraction of sp³-hybridized carbons (Fsp3) is 0.333. The van der Waals surface area contributed by atoms with Crippen molar-refractivity contribution in [3.63, 3.8) is 0 Å². The average molecular weight is 442 g/mol. The highest BCUT2D eigenvalue weighted by molar-refractivity contribution is 6.45. The van der Waals surface area contributed by atoms with Crippen LogP contribution in [0, 0.1) is 12.7 Å². The van der Waals surface area contributed by atoms with Gasteiger partial charge in [-0.2, -0.15) is 0 Å². The van der Waals surface area contributed by atoms with Crippen LogP contribution < -0.4 is 4.90 Å². The lowest BCUT2D eigenvalue weighted by atomic mass is 9.99. The summed E-state index contributed by atoms with van der Waals surface area (Å²) in [5.74, 6) is -1.43. The van der Waals surface area contributed by atoms with E-state index in [0.717, 1.165) is 36.4 Å². The molecule has 2 aromatic carbocycles. The summed E-state index contributed by atoms with van der Waals surface area (Å²) in [6.45, 7) is 3.83. The van der Waals surface area contributed by atoms with Gasteiger partial charge in [0.05, 0.1) is 16.3 Å². The first-order valence-electron chi connectivity index (χ1n) is 10.3. The second-order valence-corrected chi connectivity index (χ2v) is 8.69. The molecule has 2 heterocycles. The van der Waals surface area contributed by atoms with Crippen LogP contribution in [-0.4, -0.2) is 54.8 Å². The Balaban J connectivity index is 1.79. The number of benzene rings is 2. The molecule has 2 amide bonds. The number of anilines is 1. The first kappa shape index (κ1) is 21.5. The van der Waals surface area contributed by atoms with Gasteiger partial charge in [-0.25, -0.2) is 9.29 Å². The maximum atomic E-state index is 13.7. The molecule has 31 heavy (non-hydrogen) atoms. The van der Waals surface area contributed by atoms with Crippen molar-refractivity contribution in [2.45, 2.75) is 25.8 Å². The van der Waals surface area contributed by atoms with Crippen molar-refractivity contribution in [2.24, 2.45) is 0 Å². The number of halogens is 2. The zero-order valence-electron chi connectivity index (χ0n) is 17.9. The molecule has 0 spiro atoms. The summed E-state index contributed by atoms with van der Waals surface area (Å²) in [4.78, 5) is 32.4. The van der Waals surface area contributed by atoms with Gasteiger partial charge in [-0.1, -0.05) is 41.4 Å². The van der Waals surface area contributed by atoms with E-state index in [4.69, 9.17) is 11.6 Å². The molecule has 0 saturated carbocycles. The van der Waals surface area contributed by atoms with E-state index in [2.05, 4.69) is 11.9 Å². The molecule has 5 nitrogen and oxygen atoms in total. The SMILES string of the molecule is Cc1ccc(C2=C(N(C)C3CCN(C)CC3)C(=O)N(c3ccc(F)c(Cl)c3)C2=O)cc1. The van der Waals surface area contributed by atoms with Crippen molar-refractivity contribution in [3.8, 4) is 0 Å². The minimum absolute atomic E-state index is 0.132. The number of likely N-dealkylation sites (N-methyl/N-ethyl adjacent to an activating group) is 1. The summed E-state index contributed by atoms with van der Waals surface area (Å²) in [5.41, 5.74) is 2.76. The highest BCUT2D eigenvalue weighted by Crippen LogP contribution is 2.37. The number of aryl methyl sites for hydroxylation is 1. The van der Waals surface area contributed by atoms with Gasteiger partial charge in [0.1, 0.15) is 11.5 Å². The van der Waals surface area contributed by atoms with Crippen LogP contribution in [0.25, 0.3) is 5.57 Å². The molecule has 0 N–H and O–H groups in total. The standard InChI is InChI=1S/C24H25ClFN3O2/c1-15-4-6-16(7-5-15)21-22(28(3)17-10-12-27(2)13-11-17)24(31)29(23(21)30)18-8-9-20(26)19(25)14-18/h4-9,14,17H,10-13H2,1-3H3. The molecule has 4 rings (SSSR count). The van der Waals surface area contributed by atoms with Crippen LogP contribution in [0.15, 0.2) is 48.2 Å². The number of carbonyl (C=O) groups is 2. The number of likely N-dealkylation sites (tertiary alicyclic amines) is 1. The van der Waals surface area contributed by atoms with Crippen molar-refractivity contribution in [3.05, 3.63) is 70.1 Å². The molecular formula is C24H25ClFN3O2. The van der Waals surface area contributed by atoms with E-state index in [9.17, 15) is 14.0 Å². The van der Waals surface area contributed by atoms with Gasteiger partial charge in [0, 0.05) is 13.1 Å². The maximum absolute atomic E-state index is 13.7. The molecule has 0 atom stereocenters. The Morgan fingerprint density at radius 1 is 1.03 bits per heavy atom. The predicted octanol–water partition coefficient (Wildman–Crippen LogP) is 4.10. The van der Waals surface area contributed by atoms with Crippen LogP contribution in [0.3, 0.4) is 0 Å². The Morgan fingerprint density at radius 3 is 2.29 bits per heavy atom. The minimum atomic E-state index is -0.597. The zero-order valence-corrected chi connectivity index (χ0v) is 18.6. The number of hydrogen-bond donors (Lipinski definition) is 0. The Kier molecular flexibility index (Phi) is 5.86. The Hall–Kier alpha value is -2.70. The molecule has 2 aromatic rings. The second-order valence-electron chi connectivity index (χ2n) is 8.28. The van der Waals surface area contributed by atoms with Crippen molar-refractivity contribution in [1.82, 2.24) is 9.80 Å². The fourth-order valence-corrected chi connectivity index (χ4v) is 4.42. The largest absolute Gasteiger partial charge is 0.366 e. The molecule has 0 bridgehead atoms. The number of hydrogen-bond acceptors (Lipinski definition) is 4. The van der Waals surface area contributed by atoms with Gasteiger partial charge in [0.2, 0.25) is 0 Å². The molecule has 162 valence electrons. The molecule has 2 aliphatic heterocycles. The van der Waals surface area contributed by atoms with Gasteiger partial charge in [-0.15, -0.1) is 0 Å². The van der Waals surface area contributed by atoms with Crippen LogP contribution in [0.1, 0.15) is 24.0 Å². The summed E-state index contributed by atoms with van der Waals surface area (Å²) >= 11 is 5.94. The summed E-state index contributed by atoms with van der Waals surface area (Å²) < 4.78 is 13.7. The summed E-state index contributed by atoms with van der Waals surface area (Å²) in [7, 11) is 3.96. The van der Waals surface area contributed by atoms with Crippen LogP contribution in [0.4, 0.5) is 10.1 Å². The number of amides is 2. The summed E-state index contributed by atoms with van der Waals surface area (Å²) in [5, 5.41) is -0.132. The topological polar surface area (TPSA) is 43.9 Å². The first-order chi connectivity index (χ1) is 14.8. The third-order valence-electron chi connectivity index (χ3n) is 6.15. The van der Waals surface area contributed by atoms with Gasteiger partial charge in [0.15, 0.2) is 0 Å². The number of piperidine rings is 1. The van der Waals surface area contributed by atoms with Crippen molar-refractivity contribution in [1.29, 1.82) is 0 Å². The summed E-state index contributed by atoms with van der Waals surface area (Å²) in [6, 6.07) is 11.6. The Morgan fingerprint density at radius 2 is 1.68 bits per heavy atom. The van der Waals surface area contributed by atoms with E-state index in [1.807, 2.05) is 43.1 Å². The molecule has 0 radical (unpaired) electrons.